The van der Waals surface area contributed by atoms with Gasteiger partial charge in [-0.15, -0.1) is 0 Å². The van der Waals surface area contributed by atoms with E-state index in [0.717, 1.165) is 20.1 Å². The Kier molecular flexibility index (Phi) is 7.67. The number of hydrogen-bond acceptors (Lipinski definition) is 4. The molecule has 0 aliphatic rings. The van der Waals surface area contributed by atoms with Crippen molar-refractivity contribution in [2.75, 3.05) is 6.61 Å². The van der Waals surface area contributed by atoms with Crippen molar-refractivity contribution in [1.82, 2.24) is 10.9 Å². The topological polar surface area (TPSA) is 76.7 Å². The van der Waals surface area contributed by atoms with Crippen molar-refractivity contribution in [3.8, 4) is 11.5 Å². The third-order valence-electron chi connectivity index (χ3n) is 3.57. The van der Waals surface area contributed by atoms with E-state index in [1.54, 1.807) is 19.1 Å². The maximum Gasteiger partial charge on any atom is 0.279 e. The lowest BCUT2D eigenvalue weighted by molar-refractivity contribution is -0.133. The molecular weight excluding hydrogens is 480 g/mol. The molecule has 0 saturated heterocycles. The SMILES string of the molecule is Cc1ccc(OC(C)C(=O)NNC(=O)COc2c(C)cc(Br)cc2Br)cc1. The minimum Gasteiger partial charge on any atom is -0.482 e. The number of ether oxygens (including phenoxy) is 2. The molecule has 2 aromatic rings. The smallest absolute Gasteiger partial charge is 0.279 e. The quantitative estimate of drug-likeness (QED) is 0.592. The van der Waals surface area contributed by atoms with Crippen molar-refractivity contribution >= 4 is 43.7 Å². The molecule has 1 unspecified atom stereocenters. The van der Waals surface area contributed by atoms with Crippen LogP contribution < -0.4 is 20.3 Å². The molecular formula is C19H20Br2N2O4. The minimum atomic E-state index is -0.767. The van der Waals surface area contributed by atoms with Gasteiger partial charge in [-0.25, -0.2) is 0 Å². The first-order valence-corrected chi connectivity index (χ1v) is 9.75. The highest BCUT2D eigenvalue weighted by atomic mass is 79.9. The summed E-state index contributed by atoms with van der Waals surface area (Å²) in [6, 6.07) is 11.0. The van der Waals surface area contributed by atoms with E-state index in [2.05, 4.69) is 42.7 Å². The summed E-state index contributed by atoms with van der Waals surface area (Å²) in [7, 11) is 0. The summed E-state index contributed by atoms with van der Waals surface area (Å²) >= 11 is 6.78. The van der Waals surface area contributed by atoms with Crippen LogP contribution in [0.2, 0.25) is 0 Å². The van der Waals surface area contributed by atoms with Gasteiger partial charge in [-0.3, -0.25) is 20.4 Å². The second kappa shape index (κ2) is 9.75. The number of halogens is 2. The monoisotopic (exact) mass is 498 g/mol. The van der Waals surface area contributed by atoms with E-state index in [-0.39, 0.29) is 6.61 Å². The summed E-state index contributed by atoms with van der Waals surface area (Å²) in [5, 5.41) is 0. The van der Waals surface area contributed by atoms with E-state index >= 15 is 0 Å². The Balaban J connectivity index is 1.79. The van der Waals surface area contributed by atoms with Crippen LogP contribution in [0.3, 0.4) is 0 Å². The normalized spacial score (nSPS) is 11.4. The van der Waals surface area contributed by atoms with E-state index in [4.69, 9.17) is 9.47 Å². The van der Waals surface area contributed by atoms with E-state index in [0.29, 0.717) is 11.5 Å². The second-order valence-electron chi connectivity index (χ2n) is 5.93. The van der Waals surface area contributed by atoms with Crippen molar-refractivity contribution in [3.63, 3.8) is 0 Å². The molecule has 1 atom stereocenters. The number of amides is 2. The van der Waals surface area contributed by atoms with Crippen LogP contribution in [-0.2, 0) is 9.59 Å². The summed E-state index contributed by atoms with van der Waals surface area (Å²) in [6.07, 6.45) is -0.767. The molecule has 2 aromatic carbocycles. The maximum absolute atomic E-state index is 12.0. The van der Waals surface area contributed by atoms with Crippen molar-refractivity contribution in [2.24, 2.45) is 0 Å². The van der Waals surface area contributed by atoms with Gasteiger partial charge in [0.15, 0.2) is 12.7 Å². The van der Waals surface area contributed by atoms with Crippen molar-refractivity contribution in [1.29, 1.82) is 0 Å². The first kappa shape index (κ1) is 21.2. The molecule has 2 amide bonds. The van der Waals surface area contributed by atoms with Gasteiger partial charge in [0, 0.05) is 4.47 Å². The number of rotatable bonds is 6. The molecule has 0 radical (unpaired) electrons. The molecule has 0 aliphatic carbocycles. The Labute approximate surface area is 174 Å². The fraction of sp³-hybridized carbons (Fsp3) is 0.263. The average molecular weight is 500 g/mol. The van der Waals surface area contributed by atoms with Crippen molar-refractivity contribution in [3.05, 3.63) is 56.5 Å². The fourth-order valence-electron chi connectivity index (χ4n) is 2.15. The average Bonchev–Trinajstić information content (AvgIpc) is 2.60. The first-order chi connectivity index (χ1) is 12.8. The number of carbonyl (C=O) groups is 2. The number of hydrogen-bond donors (Lipinski definition) is 2. The molecule has 0 aromatic heterocycles. The first-order valence-electron chi connectivity index (χ1n) is 8.16. The van der Waals surface area contributed by atoms with Crippen molar-refractivity contribution < 1.29 is 19.1 Å². The molecule has 2 rings (SSSR count). The fourth-order valence-corrected chi connectivity index (χ4v) is 3.71. The summed E-state index contributed by atoms with van der Waals surface area (Å²) in [6.45, 7) is 5.19. The Hall–Kier alpha value is -2.06. The van der Waals surface area contributed by atoms with Gasteiger partial charge in [0.2, 0.25) is 0 Å². The van der Waals surface area contributed by atoms with Crippen LogP contribution in [0.4, 0.5) is 0 Å². The molecule has 27 heavy (non-hydrogen) atoms. The lowest BCUT2D eigenvalue weighted by Gasteiger charge is -2.16. The summed E-state index contributed by atoms with van der Waals surface area (Å²) in [5.74, 6) is 0.189. The lowest BCUT2D eigenvalue weighted by Crippen LogP contribution is -2.48. The van der Waals surface area contributed by atoms with Gasteiger partial charge in [-0.2, -0.15) is 0 Å². The molecule has 144 valence electrons. The Morgan fingerprint density at radius 1 is 1.07 bits per heavy atom. The molecule has 0 heterocycles. The Bertz CT molecular complexity index is 802. The highest BCUT2D eigenvalue weighted by Crippen LogP contribution is 2.32. The zero-order chi connectivity index (χ0) is 20.0. The number of benzene rings is 2. The zero-order valence-electron chi connectivity index (χ0n) is 15.1. The minimum absolute atomic E-state index is 0.242. The third kappa shape index (κ3) is 6.55. The highest BCUT2D eigenvalue weighted by molar-refractivity contribution is 9.11. The van der Waals surface area contributed by atoms with Crippen LogP contribution >= 0.6 is 31.9 Å². The maximum atomic E-state index is 12.0. The van der Waals surface area contributed by atoms with Crippen LogP contribution in [0.15, 0.2) is 45.3 Å². The molecule has 0 bridgehead atoms. The summed E-state index contributed by atoms with van der Waals surface area (Å²) < 4.78 is 12.7. The largest absolute Gasteiger partial charge is 0.482 e. The van der Waals surface area contributed by atoms with Crippen LogP contribution in [0.1, 0.15) is 18.1 Å². The molecule has 0 saturated carbocycles. The molecule has 6 nitrogen and oxygen atoms in total. The molecule has 0 fully saturated rings. The van der Waals surface area contributed by atoms with Gasteiger partial charge in [-0.05, 0) is 66.5 Å². The van der Waals surface area contributed by atoms with Gasteiger partial charge in [0.1, 0.15) is 11.5 Å². The van der Waals surface area contributed by atoms with Crippen LogP contribution in [0.25, 0.3) is 0 Å². The molecule has 0 aliphatic heterocycles. The molecule has 8 heteroatoms. The third-order valence-corrected chi connectivity index (χ3v) is 4.62. The van der Waals surface area contributed by atoms with E-state index in [1.165, 1.54) is 0 Å². The van der Waals surface area contributed by atoms with Crippen LogP contribution in [-0.4, -0.2) is 24.5 Å². The Morgan fingerprint density at radius 3 is 2.37 bits per heavy atom. The van der Waals surface area contributed by atoms with E-state index in [9.17, 15) is 9.59 Å². The van der Waals surface area contributed by atoms with Crippen molar-refractivity contribution in [2.45, 2.75) is 26.9 Å². The number of aryl methyl sites for hydroxylation is 2. The van der Waals surface area contributed by atoms with Gasteiger partial charge in [0.25, 0.3) is 11.8 Å². The highest BCUT2D eigenvalue weighted by Gasteiger charge is 2.16. The zero-order valence-corrected chi connectivity index (χ0v) is 18.3. The van der Waals surface area contributed by atoms with Crippen LogP contribution in [0.5, 0.6) is 11.5 Å². The summed E-state index contributed by atoms with van der Waals surface area (Å²) in [5.41, 5.74) is 6.60. The lowest BCUT2D eigenvalue weighted by atomic mass is 10.2. The van der Waals surface area contributed by atoms with Gasteiger partial charge in [-0.1, -0.05) is 33.6 Å². The Morgan fingerprint density at radius 2 is 1.74 bits per heavy atom. The summed E-state index contributed by atoms with van der Waals surface area (Å²) in [4.78, 5) is 23.9. The predicted octanol–water partition coefficient (Wildman–Crippen LogP) is 3.82. The predicted molar refractivity (Wildman–Crippen MR) is 110 cm³/mol. The number of hydrazine groups is 1. The number of nitrogens with one attached hydrogen (secondary N) is 2. The van der Waals surface area contributed by atoms with Gasteiger partial charge in [0.05, 0.1) is 4.47 Å². The second-order valence-corrected chi connectivity index (χ2v) is 7.70. The van der Waals surface area contributed by atoms with Gasteiger partial charge < -0.3 is 9.47 Å². The standard InChI is InChI=1S/C19H20Br2N2O4/c1-11-4-6-15(7-5-11)27-13(3)19(25)23-22-17(24)10-26-18-12(2)8-14(20)9-16(18)21/h4-9,13H,10H2,1-3H3,(H,22,24)(H,23,25). The van der Waals surface area contributed by atoms with E-state index < -0.39 is 17.9 Å². The van der Waals surface area contributed by atoms with Gasteiger partial charge >= 0.3 is 0 Å². The van der Waals surface area contributed by atoms with Crippen LogP contribution in [0, 0.1) is 13.8 Å². The molecule has 2 N–H and O–H groups in total. The molecule has 0 spiro atoms. The van der Waals surface area contributed by atoms with E-state index in [1.807, 2.05) is 38.1 Å². The number of carbonyl (C=O) groups excluding carboxylic acids is 2.